The van der Waals surface area contributed by atoms with E-state index in [9.17, 15) is 4.79 Å². The molecule has 0 aromatic heterocycles. The van der Waals surface area contributed by atoms with Crippen LogP contribution in [0, 0.1) is 0 Å². The van der Waals surface area contributed by atoms with Crippen LogP contribution in [0.15, 0.2) is 42.5 Å². The summed E-state index contributed by atoms with van der Waals surface area (Å²) in [5.41, 5.74) is 0. The van der Waals surface area contributed by atoms with Gasteiger partial charge in [-0.15, -0.1) is 0 Å². The van der Waals surface area contributed by atoms with E-state index in [4.69, 9.17) is 4.74 Å². The summed E-state index contributed by atoms with van der Waals surface area (Å²) in [7, 11) is 0. The van der Waals surface area contributed by atoms with Crippen molar-refractivity contribution in [1.82, 2.24) is 5.32 Å². The topological polar surface area (TPSA) is 38.3 Å². The maximum absolute atomic E-state index is 12.5. The molecule has 0 saturated heterocycles. The molecule has 0 unspecified atom stereocenters. The van der Waals surface area contributed by atoms with Crippen molar-refractivity contribution in [2.45, 2.75) is 57.6 Å². The van der Waals surface area contributed by atoms with Gasteiger partial charge in [-0.2, -0.15) is 0 Å². The van der Waals surface area contributed by atoms with Crippen molar-refractivity contribution in [1.29, 1.82) is 0 Å². The number of ether oxygens (including phenoxy) is 1. The highest BCUT2D eigenvalue weighted by Crippen LogP contribution is 2.22. The van der Waals surface area contributed by atoms with Gasteiger partial charge in [0.1, 0.15) is 5.75 Å². The second kappa shape index (κ2) is 7.49. The van der Waals surface area contributed by atoms with Crippen molar-refractivity contribution >= 4 is 16.7 Å². The normalized spacial score (nSPS) is 16.9. The number of hydrogen-bond donors (Lipinski definition) is 1. The zero-order valence-electron chi connectivity index (χ0n) is 13.8. The number of fused-ring (bicyclic) bond motifs is 1. The van der Waals surface area contributed by atoms with Crippen LogP contribution in [0.5, 0.6) is 5.75 Å². The van der Waals surface area contributed by atoms with E-state index in [-0.39, 0.29) is 5.91 Å². The third kappa shape index (κ3) is 4.04. The van der Waals surface area contributed by atoms with Crippen molar-refractivity contribution in [3.05, 3.63) is 42.5 Å². The first kappa shape index (κ1) is 15.9. The second-order valence-corrected chi connectivity index (χ2v) is 6.37. The highest BCUT2D eigenvalue weighted by atomic mass is 16.5. The molecule has 1 saturated carbocycles. The SMILES string of the molecule is CC[C@@H](Oc1ccc2ccccc2c1)C(=O)NC1CCCCC1. The molecule has 0 heterocycles. The van der Waals surface area contributed by atoms with Gasteiger partial charge in [-0.25, -0.2) is 0 Å². The largest absolute Gasteiger partial charge is 0.481 e. The van der Waals surface area contributed by atoms with Gasteiger partial charge in [0.2, 0.25) is 0 Å². The summed E-state index contributed by atoms with van der Waals surface area (Å²) in [6.45, 7) is 1.99. The lowest BCUT2D eigenvalue weighted by atomic mass is 9.95. The maximum atomic E-state index is 12.5. The molecule has 0 radical (unpaired) electrons. The van der Waals surface area contributed by atoms with Gasteiger partial charge < -0.3 is 10.1 Å². The van der Waals surface area contributed by atoms with E-state index in [1.165, 1.54) is 24.6 Å². The first-order valence-corrected chi connectivity index (χ1v) is 8.72. The first-order valence-electron chi connectivity index (χ1n) is 8.72. The molecular formula is C20H25NO2. The average Bonchev–Trinajstić information content (AvgIpc) is 2.60. The molecule has 0 bridgehead atoms. The lowest BCUT2D eigenvalue weighted by molar-refractivity contribution is -0.129. The molecular weight excluding hydrogens is 286 g/mol. The average molecular weight is 311 g/mol. The Morgan fingerprint density at radius 2 is 1.87 bits per heavy atom. The molecule has 1 amide bonds. The van der Waals surface area contributed by atoms with Crippen molar-refractivity contribution in [3.8, 4) is 5.75 Å². The fraction of sp³-hybridized carbons (Fsp3) is 0.450. The number of benzene rings is 2. The first-order chi connectivity index (χ1) is 11.3. The maximum Gasteiger partial charge on any atom is 0.261 e. The van der Waals surface area contributed by atoms with Crippen LogP contribution in [-0.2, 0) is 4.79 Å². The van der Waals surface area contributed by atoms with Crippen molar-refractivity contribution in [2.75, 3.05) is 0 Å². The summed E-state index contributed by atoms with van der Waals surface area (Å²) in [5, 5.41) is 5.48. The standard InChI is InChI=1S/C20H25NO2/c1-2-19(20(22)21-17-10-4-3-5-11-17)23-18-13-12-15-8-6-7-9-16(15)14-18/h6-9,12-14,17,19H,2-5,10-11H2,1H3,(H,21,22)/t19-/m1/s1. The van der Waals surface area contributed by atoms with Crippen LogP contribution in [0.25, 0.3) is 10.8 Å². The van der Waals surface area contributed by atoms with Gasteiger partial charge in [0.25, 0.3) is 5.91 Å². The fourth-order valence-corrected chi connectivity index (χ4v) is 3.27. The Balaban J connectivity index is 1.66. The predicted molar refractivity (Wildman–Crippen MR) is 93.7 cm³/mol. The zero-order chi connectivity index (χ0) is 16.1. The van der Waals surface area contributed by atoms with Crippen molar-refractivity contribution < 1.29 is 9.53 Å². The van der Waals surface area contributed by atoms with Crippen LogP contribution in [-0.4, -0.2) is 18.1 Å². The van der Waals surface area contributed by atoms with Gasteiger partial charge in [-0.1, -0.05) is 56.5 Å². The molecule has 0 aliphatic heterocycles. The third-order valence-corrected chi connectivity index (χ3v) is 4.61. The van der Waals surface area contributed by atoms with Crippen LogP contribution in [0.3, 0.4) is 0 Å². The van der Waals surface area contributed by atoms with Crippen LogP contribution in [0.4, 0.5) is 0 Å². The Bertz CT molecular complexity index is 661. The molecule has 1 N–H and O–H groups in total. The van der Waals surface area contributed by atoms with Gasteiger partial charge in [0.15, 0.2) is 6.10 Å². The minimum absolute atomic E-state index is 0.0209. The van der Waals surface area contributed by atoms with Gasteiger partial charge in [-0.3, -0.25) is 4.79 Å². The number of carbonyl (C=O) groups excluding carboxylic acids is 1. The highest BCUT2D eigenvalue weighted by molar-refractivity contribution is 5.84. The summed E-state index contributed by atoms with van der Waals surface area (Å²) < 4.78 is 5.96. The van der Waals surface area contributed by atoms with Gasteiger partial charge in [0.05, 0.1) is 0 Å². The third-order valence-electron chi connectivity index (χ3n) is 4.61. The molecule has 1 fully saturated rings. The fourth-order valence-electron chi connectivity index (χ4n) is 3.27. The number of rotatable bonds is 5. The monoisotopic (exact) mass is 311 g/mol. The molecule has 122 valence electrons. The molecule has 2 aromatic carbocycles. The summed E-state index contributed by atoms with van der Waals surface area (Å²) in [6.07, 6.45) is 6.16. The van der Waals surface area contributed by atoms with Crippen LogP contribution in [0.1, 0.15) is 45.4 Å². The van der Waals surface area contributed by atoms with Crippen LogP contribution in [0.2, 0.25) is 0 Å². The predicted octanol–water partition coefficient (Wildman–Crippen LogP) is 4.45. The van der Waals surface area contributed by atoms with Gasteiger partial charge in [0, 0.05) is 6.04 Å². The lowest BCUT2D eigenvalue weighted by Crippen LogP contribution is -2.44. The Morgan fingerprint density at radius 3 is 2.61 bits per heavy atom. The number of amides is 1. The summed E-state index contributed by atoms with van der Waals surface area (Å²) in [6, 6.07) is 14.5. The van der Waals surface area contributed by atoms with E-state index >= 15 is 0 Å². The lowest BCUT2D eigenvalue weighted by Gasteiger charge is -2.25. The molecule has 1 aliphatic carbocycles. The second-order valence-electron chi connectivity index (χ2n) is 6.37. The van der Waals surface area contributed by atoms with E-state index in [0.29, 0.717) is 12.5 Å². The molecule has 0 spiro atoms. The molecule has 1 atom stereocenters. The zero-order valence-corrected chi connectivity index (χ0v) is 13.8. The molecule has 3 nitrogen and oxygen atoms in total. The van der Waals surface area contributed by atoms with E-state index in [1.807, 2.05) is 37.3 Å². The smallest absolute Gasteiger partial charge is 0.261 e. The summed E-state index contributed by atoms with van der Waals surface area (Å²) in [5.74, 6) is 0.780. The van der Waals surface area contributed by atoms with Crippen LogP contribution < -0.4 is 10.1 Å². The highest BCUT2D eigenvalue weighted by Gasteiger charge is 2.22. The molecule has 23 heavy (non-hydrogen) atoms. The van der Waals surface area contributed by atoms with E-state index in [1.54, 1.807) is 0 Å². The van der Waals surface area contributed by atoms with Gasteiger partial charge >= 0.3 is 0 Å². The molecule has 3 rings (SSSR count). The Labute approximate surface area is 138 Å². The number of nitrogens with one attached hydrogen (secondary N) is 1. The van der Waals surface area contributed by atoms with Gasteiger partial charge in [-0.05, 0) is 42.2 Å². The minimum atomic E-state index is -0.418. The Kier molecular flexibility index (Phi) is 5.16. The minimum Gasteiger partial charge on any atom is -0.481 e. The van der Waals surface area contributed by atoms with Crippen molar-refractivity contribution in [2.24, 2.45) is 0 Å². The Morgan fingerprint density at radius 1 is 1.13 bits per heavy atom. The summed E-state index contributed by atoms with van der Waals surface area (Å²) in [4.78, 5) is 12.5. The quantitative estimate of drug-likeness (QED) is 0.886. The van der Waals surface area contributed by atoms with E-state index in [0.717, 1.165) is 24.0 Å². The van der Waals surface area contributed by atoms with Crippen LogP contribution >= 0.6 is 0 Å². The van der Waals surface area contributed by atoms with E-state index in [2.05, 4.69) is 17.4 Å². The number of hydrogen-bond acceptors (Lipinski definition) is 2. The molecule has 3 heteroatoms. The summed E-state index contributed by atoms with van der Waals surface area (Å²) >= 11 is 0. The molecule has 1 aliphatic rings. The van der Waals surface area contributed by atoms with E-state index < -0.39 is 6.10 Å². The van der Waals surface area contributed by atoms with Crippen molar-refractivity contribution in [3.63, 3.8) is 0 Å². The Hall–Kier alpha value is -2.03. The molecule has 2 aromatic rings. The number of carbonyl (C=O) groups is 1.